The first-order chi connectivity index (χ1) is 9.22. The minimum absolute atomic E-state index is 0.519. The van der Waals surface area contributed by atoms with Crippen molar-refractivity contribution in [3.05, 3.63) is 29.8 Å². The highest BCUT2D eigenvalue weighted by Gasteiger charge is 2.35. The summed E-state index contributed by atoms with van der Waals surface area (Å²) >= 11 is 0. The molecule has 0 unspecified atom stereocenters. The van der Waals surface area contributed by atoms with Crippen LogP contribution in [0.3, 0.4) is 0 Å². The number of nitrogens with zero attached hydrogens (tertiary/aromatic N) is 2. The van der Waals surface area contributed by atoms with Crippen molar-refractivity contribution in [1.29, 1.82) is 0 Å². The molecular formula is C15H21N3O. The molecule has 0 amide bonds. The van der Waals surface area contributed by atoms with E-state index in [-0.39, 0.29) is 0 Å². The van der Waals surface area contributed by atoms with Gasteiger partial charge in [0.05, 0.1) is 5.60 Å². The molecule has 2 aliphatic rings. The van der Waals surface area contributed by atoms with Gasteiger partial charge in [0.1, 0.15) is 0 Å². The Morgan fingerprint density at radius 3 is 2.89 bits per heavy atom. The molecule has 0 atom stereocenters. The number of anilines is 1. The molecule has 102 valence electrons. The van der Waals surface area contributed by atoms with Gasteiger partial charge < -0.3 is 15.3 Å². The molecule has 4 nitrogen and oxygen atoms in total. The van der Waals surface area contributed by atoms with Crippen LogP contribution in [0, 0.1) is 0 Å². The van der Waals surface area contributed by atoms with E-state index in [4.69, 9.17) is 0 Å². The number of hydrogen-bond acceptors (Lipinski definition) is 2. The second kappa shape index (κ2) is 4.85. The van der Waals surface area contributed by atoms with E-state index in [1.54, 1.807) is 7.05 Å². The van der Waals surface area contributed by atoms with Crippen molar-refractivity contribution in [3.8, 4) is 0 Å². The Balaban J connectivity index is 1.70. The Morgan fingerprint density at radius 1 is 1.42 bits per heavy atom. The molecule has 2 N–H and O–H groups in total. The number of para-hydroxylation sites is 1. The number of rotatable bonds is 2. The summed E-state index contributed by atoms with van der Waals surface area (Å²) in [6.45, 7) is 1.55. The van der Waals surface area contributed by atoms with E-state index in [2.05, 4.69) is 39.5 Å². The molecule has 0 bridgehead atoms. The van der Waals surface area contributed by atoms with Crippen LogP contribution < -0.4 is 10.2 Å². The number of benzene rings is 1. The standard InChI is InChI=1S/C15H21N3O/c1-16-14(17-11-15(19)8-4-9-15)18-10-7-12-5-2-3-6-13(12)18/h2-3,5-6,19H,4,7-11H2,1H3,(H,16,17). The van der Waals surface area contributed by atoms with Crippen LogP contribution in [0.4, 0.5) is 5.69 Å². The van der Waals surface area contributed by atoms with Gasteiger partial charge in [-0.3, -0.25) is 4.99 Å². The summed E-state index contributed by atoms with van der Waals surface area (Å²) in [5.74, 6) is 0.866. The van der Waals surface area contributed by atoms with E-state index >= 15 is 0 Å². The summed E-state index contributed by atoms with van der Waals surface area (Å²) in [5.41, 5.74) is 2.08. The largest absolute Gasteiger partial charge is 0.388 e. The summed E-state index contributed by atoms with van der Waals surface area (Å²) in [6.07, 6.45) is 3.98. The third-order valence-electron chi connectivity index (χ3n) is 4.21. The smallest absolute Gasteiger partial charge is 0.198 e. The van der Waals surface area contributed by atoms with Crippen LogP contribution >= 0.6 is 0 Å². The minimum atomic E-state index is -0.519. The van der Waals surface area contributed by atoms with E-state index in [1.165, 1.54) is 11.3 Å². The number of fused-ring (bicyclic) bond motifs is 1. The highest BCUT2D eigenvalue weighted by molar-refractivity contribution is 5.97. The van der Waals surface area contributed by atoms with Gasteiger partial charge in [-0.2, -0.15) is 0 Å². The van der Waals surface area contributed by atoms with Gasteiger partial charge in [-0.05, 0) is 37.3 Å². The third kappa shape index (κ3) is 2.32. The fourth-order valence-electron chi connectivity index (χ4n) is 2.86. The zero-order chi connectivity index (χ0) is 13.3. The second-order valence-electron chi connectivity index (χ2n) is 5.51. The Morgan fingerprint density at radius 2 is 2.21 bits per heavy atom. The summed E-state index contributed by atoms with van der Waals surface area (Å²) in [4.78, 5) is 6.56. The molecule has 1 aliphatic heterocycles. The normalized spacial score (nSPS) is 20.9. The Kier molecular flexibility index (Phi) is 3.19. The quantitative estimate of drug-likeness (QED) is 0.625. The maximum Gasteiger partial charge on any atom is 0.198 e. The Hall–Kier alpha value is -1.55. The van der Waals surface area contributed by atoms with Gasteiger partial charge >= 0.3 is 0 Å². The van der Waals surface area contributed by atoms with E-state index in [9.17, 15) is 5.11 Å². The molecular weight excluding hydrogens is 238 g/mol. The van der Waals surface area contributed by atoms with E-state index in [0.717, 1.165) is 38.2 Å². The number of aliphatic hydroxyl groups is 1. The predicted octanol–water partition coefficient (Wildman–Crippen LogP) is 1.54. The molecule has 3 rings (SSSR count). The summed E-state index contributed by atoms with van der Waals surface area (Å²) in [6, 6.07) is 8.44. The van der Waals surface area contributed by atoms with Crippen molar-refractivity contribution < 1.29 is 5.11 Å². The zero-order valence-electron chi connectivity index (χ0n) is 11.4. The maximum atomic E-state index is 10.2. The van der Waals surface area contributed by atoms with Crippen molar-refractivity contribution in [1.82, 2.24) is 5.32 Å². The SMILES string of the molecule is CN=C(NCC1(O)CCC1)N1CCc2ccccc21. The van der Waals surface area contributed by atoms with Crippen molar-refractivity contribution >= 4 is 11.6 Å². The lowest BCUT2D eigenvalue weighted by Gasteiger charge is -2.37. The van der Waals surface area contributed by atoms with Crippen molar-refractivity contribution in [2.45, 2.75) is 31.3 Å². The van der Waals surface area contributed by atoms with E-state index < -0.39 is 5.60 Å². The van der Waals surface area contributed by atoms with Gasteiger partial charge in [0.15, 0.2) is 5.96 Å². The van der Waals surface area contributed by atoms with Crippen LogP contribution in [0.2, 0.25) is 0 Å². The van der Waals surface area contributed by atoms with Gasteiger partial charge in [-0.25, -0.2) is 0 Å². The van der Waals surface area contributed by atoms with Crippen LogP contribution in [-0.4, -0.2) is 36.8 Å². The van der Waals surface area contributed by atoms with Crippen LogP contribution in [0.5, 0.6) is 0 Å². The van der Waals surface area contributed by atoms with Gasteiger partial charge in [0.2, 0.25) is 0 Å². The summed E-state index contributed by atoms with van der Waals surface area (Å²) < 4.78 is 0. The van der Waals surface area contributed by atoms with Crippen molar-refractivity contribution in [2.24, 2.45) is 4.99 Å². The molecule has 1 aliphatic carbocycles. The number of hydrogen-bond donors (Lipinski definition) is 2. The average molecular weight is 259 g/mol. The molecule has 1 aromatic carbocycles. The van der Waals surface area contributed by atoms with Crippen LogP contribution in [-0.2, 0) is 6.42 Å². The molecule has 0 saturated heterocycles. The molecule has 0 aromatic heterocycles. The molecule has 1 fully saturated rings. The molecule has 1 aromatic rings. The highest BCUT2D eigenvalue weighted by atomic mass is 16.3. The summed E-state index contributed by atoms with van der Waals surface area (Å²) in [7, 11) is 1.80. The maximum absolute atomic E-state index is 10.2. The predicted molar refractivity (Wildman–Crippen MR) is 77.7 cm³/mol. The minimum Gasteiger partial charge on any atom is -0.388 e. The molecule has 0 radical (unpaired) electrons. The molecule has 4 heteroatoms. The average Bonchev–Trinajstić information content (AvgIpc) is 2.82. The Bertz CT molecular complexity index is 494. The fraction of sp³-hybridized carbons (Fsp3) is 0.533. The van der Waals surface area contributed by atoms with E-state index in [0.29, 0.717) is 6.54 Å². The fourth-order valence-corrected chi connectivity index (χ4v) is 2.86. The zero-order valence-corrected chi connectivity index (χ0v) is 11.4. The first kappa shape index (κ1) is 12.5. The van der Waals surface area contributed by atoms with Gasteiger partial charge in [0, 0.05) is 25.8 Å². The van der Waals surface area contributed by atoms with Gasteiger partial charge in [-0.15, -0.1) is 0 Å². The van der Waals surface area contributed by atoms with Gasteiger partial charge in [0.25, 0.3) is 0 Å². The molecule has 0 spiro atoms. The lowest BCUT2D eigenvalue weighted by atomic mass is 9.80. The second-order valence-corrected chi connectivity index (χ2v) is 5.51. The first-order valence-corrected chi connectivity index (χ1v) is 7.00. The molecule has 19 heavy (non-hydrogen) atoms. The molecule has 1 heterocycles. The van der Waals surface area contributed by atoms with Crippen LogP contribution in [0.15, 0.2) is 29.3 Å². The lowest BCUT2D eigenvalue weighted by molar-refractivity contribution is -0.0278. The van der Waals surface area contributed by atoms with Crippen molar-refractivity contribution in [2.75, 3.05) is 25.0 Å². The highest BCUT2D eigenvalue weighted by Crippen LogP contribution is 2.31. The van der Waals surface area contributed by atoms with Crippen LogP contribution in [0.25, 0.3) is 0 Å². The number of aliphatic imine (C=N–C) groups is 1. The van der Waals surface area contributed by atoms with Crippen LogP contribution in [0.1, 0.15) is 24.8 Å². The summed E-state index contributed by atoms with van der Waals surface area (Å²) in [5, 5.41) is 13.5. The monoisotopic (exact) mass is 259 g/mol. The van der Waals surface area contributed by atoms with Crippen molar-refractivity contribution in [3.63, 3.8) is 0 Å². The first-order valence-electron chi connectivity index (χ1n) is 7.00. The number of nitrogens with one attached hydrogen (secondary N) is 1. The topological polar surface area (TPSA) is 47.9 Å². The van der Waals surface area contributed by atoms with E-state index in [1.807, 2.05) is 0 Å². The lowest BCUT2D eigenvalue weighted by Crippen LogP contribution is -2.51. The molecule has 1 saturated carbocycles. The number of guanidine groups is 1. The van der Waals surface area contributed by atoms with Gasteiger partial charge in [-0.1, -0.05) is 18.2 Å². The third-order valence-corrected chi connectivity index (χ3v) is 4.21. The Labute approximate surface area is 114 Å².